The van der Waals surface area contributed by atoms with Gasteiger partial charge in [-0.25, -0.2) is 0 Å². The third kappa shape index (κ3) is 3.60. The molecule has 0 fully saturated rings. The van der Waals surface area contributed by atoms with Gasteiger partial charge in [0.05, 0.1) is 7.11 Å². The number of hydrogen-bond donors (Lipinski definition) is 0. The van der Waals surface area contributed by atoms with Gasteiger partial charge in [0.25, 0.3) is 0 Å². The number of methoxy groups -OCH3 is 1. The van der Waals surface area contributed by atoms with Crippen molar-refractivity contribution in [3.63, 3.8) is 0 Å². The molecule has 0 aliphatic carbocycles. The second-order valence-corrected chi connectivity index (χ2v) is 5.21. The van der Waals surface area contributed by atoms with Gasteiger partial charge in [-0.1, -0.05) is 56.3 Å². The minimum atomic E-state index is 0.589. The summed E-state index contributed by atoms with van der Waals surface area (Å²) in [7, 11) is 1.73. The van der Waals surface area contributed by atoms with Gasteiger partial charge >= 0.3 is 0 Å². The molecule has 1 heteroatoms. The molecule has 0 aliphatic heterocycles. The molecule has 0 bridgehead atoms. The van der Waals surface area contributed by atoms with Crippen molar-refractivity contribution in [1.29, 1.82) is 0 Å². The predicted molar refractivity (Wildman–Crippen MR) is 80.9 cm³/mol. The normalized spacial score (nSPS) is 10.7. The molecular weight excluding hydrogens is 232 g/mol. The highest BCUT2D eigenvalue weighted by molar-refractivity contribution is 5.34. The Morgan fingerprint density at radius 2 is 1.74 bits per heavy atom. The van der Waals surface area contributed by atoms with E-state index in [-0.39, 0.29) is 0 Å². The lowest BCUT2D eigenvalue weighted by molar-refractivity contribution is 0.409. The van der Waals surface area contributed by atoms with Gasteiger partial charge in [0.2, 0.25) is 0 Å². The minimum absolute atomic E-state index is 0.589. The highest BCUT2D eigenvalue weighted by atomic mass is 16.5. The van der Waals surface area contributed by atoms with Crippen molar-refractivity contribution in [3.05, 3.63) is 65.2 Å². The largest absolute Gasteiger partial charge is 0.496 e. The monoisotopic (exact) mass is 254 g/mol. The molecule has 0 radical (unpaired) electrons. The standard InChI is InChI=1S/C18H22O/c1-14(2)17-9-6-7-15(13-17)11-12-16-8-4-5-10-18(16)19-3/h4-10,13-14H,11-12H2,1-3H3. The molecule has 0 N–H and O–H groups in total. The van der Waals surface area contributed by atoms with Crippen molar-refractivity contribution < 1.29 is 4.74 Å². The van der Waals surface area contributed by atoms with E-state index in [1.807, 2.05) is 12.1 Å². The molecule has 0 saturated carbocycles. The average Bonchev–Trinajstić information content (AvgIpc) is 2.45. The lowest BCUT2D eigenvalue weighted by Gasteiger charge is -2.10. The maximum atomic E-state index is 5.40. The van der Waals surface area contributed by atoms with Crippen LogP contribution in [0.2, 0.25) is 0 Å². The van der Waals surface area contributed by atoms with Crippen molar-refractivity contribution >= 4 is 0 Å². The predicted octanol–water partition coefficient (Wildman–Crippen LogP) is 4.60. The van der Waals surface area contributed by atoms with Gasteiger partial charge in [-0.05, 0) is 41.5 Å². The van der Waals surface area contributed by atoms with Crippen LogP contribution in [0.4, 0.5) is 0 Å². The number of ether oxygens (including phenoxy) is 1. The minimum Gasteiger partial charge on any atom is -0.496 e. The zero-order valence-electron chi connectivity index (χ0n) is 12.0. The van der Waals surface area contributed by atoms with Gasteiger partial charge in [-0.15, -0.1) is 0 Å². The first kappa shape index (κ1) is 13.7. The number of aryl methyl sites for hydroxylation is 2. The maximum Gasteiger partial charge on any atom is 0.122 e. The summed E-state index contributed by atoms with van der Waals surface area (Å²) in [6.07, 6.45) is 2.08. The molecule has 1 nitrogen and oxygen atoms in total. The van der Waals surface area contributed by atoms with E-state index in [0.29, 0.717) is 5.92 Å². The molecule has 2 aromatic carbocycles. The van der Waals surface area contributed by atoms with Gasteiger partial charge < -0.3 is 4.74 Å². The molecule has 19 heavy (non-hydrogen) atoms. The molecule has 0 unspecified atom stereocenters. The van der Waals surface area contributed by atoms with Crippen LogP contribution in [0.3, 0.4) is 0 Å². The second kappa shape index (κ2) is 6.42. The van der Waals surface area contributed by atoms with E-state index in [0.717, 1.165) is 18.6 Å². The van der Waals surface area contributed by atoms with Crippen LogP contribution in [0.5, 0.6) is 5.75 Å². The van der Waals surface area contributed by atoms with Gasteiger partial charge in [0.1, 0.15) is 5.75 Å². The quantitative estimate of drug-likeness (QED) is 0.757. The number of hydrogen-bond acceptors (Lipinski definition) is 1. The fourth-order valence-corrected chi connectivity index (χ4v) is 2.30. The Kier molecular flexibility index (Phi) is 4.62. The zero-order chi connectivity index (χ0) is 13.7. The lowest BCUT2D eigenvalue weighted by atomic mass is 9.97. The Labute approximate surface area is 116 Å². The van der Waals surface area contributed by atoms with E-state index in [9.17, 15) is 0 Å². The molecule has 0 aliphatic rings. The summed E-state index contributed by atoms with van der Waals surface area (Å²) in [4.78, 5) is 0. The van der Waals surface area contributed by atoms with Crippen LogP contribution in [0.1, 0.15) is 36.5 Å². The van der Waals surface area contributed by atoms with Gasteiger partial charge in [-0.2, -0.15) is 0 Å². The van der Waals surface area contributed by atoms with Crippen LogP contribution < -0.4 is 4.74 Å². The van der Waals surface area contributed by atoms with Gasteiger partial charge in [-0.3, -0.25) is 0 Å². The summed E-state index contributed by atoms with van der Waals surface area (Å²) < 4.78 is 5.40. The third-order valence-corrected chi connectivity index (χ3v) is 3.49. The van der Waals surface area contributed by atoms with Crippen LogP contribution in [0.15, 0.2) is 48.5 Å². The molecule has 0 saturated heterocycles. The topological polar surface area (TPSA) is 9.23 Å². The van der Waals surface area contributed by atoms with Crippen molar-refractivity contribution in [1.82, 2.24) is 0 Å². The van der Waals surface area contributed by atoms with Crippen LogP contribution >= 0.6 is 0 Å². The fourth-order valence-electron chi connectivity index (χ4n) is 2.30. The van der Waals surface area contributed by atoms with Crippen LogP contribution in [0.25, 0.3) is 0 Å². The van der Waals surface area contributed by atoms with Crippen molar-refractivity contribution in [2.45, 2.75) is 32.6 Å². The van der Waals surface area contributed by atoms with Crippen molar-refractivity contribution in [2.75, 3.05) is 7.11 Å². The van der Waals surface area contributed by atoms with E-state index in [1.54, 1.807) is 7.11 Å². The molecular formula is C18H22O. The molecule has 2 rings (SSSR count). The molecule has 100 valence electrons. The Morgan fingerprint density at radius 3 is 2.47 bits per heavy atom. The maximum absolute atomic E-state index is 5.40. The first-order chi connectivity index (χ1) is 9.20. The Balaban J connectivity index is 2.08. The average molecular weight is 254 g/mol. The van der Waals surface area contributed by atoms with Crippen molar-refractivity contribution in [2.24, 2.45) is 0 Å². The summed E-state index contributed by atoms with van der Waals surface area (Å²) in [5, 5.41) is 0. The number of benzene rings is 2. The summed E-state index contributed by atoms with van der Waals surface area (Å²) in [5.41, 5.74) is 4.09. The summed E-state index contributed by atoms with van der Waals surface area (Å²) in [5.74, 6) is 1.58. The Bertz CT molecular complexity index is 529. The molecule has 0 heterocycles. The van der Waals surface area contributed by atoms with Gasteiger partial charge in [0.15, 0.2) is 0 Å². The van der Waals surface area contributed by atoms with Crippen LogP contribution in [-0.4, -0.2) is 7.11 Å². The SMILES string of the molecule is COc1ccccc1CCc1cccc(C(C)C)c1. The lowest BCUT2D eigenvalue weighted by Crippen LogP contribution is -1.96. The molecule has 0 aromatic heterocycles. The summed E-state index contributed by atoms with van der Waals surface area (Å²) in [6.45, 7) is 4.47. The first-order valence-electron chi connectivity index (χ1n) is 6.91. The highest BCUT2D eigenvalue weighted by Crippen LogP contribution is 2.21. The first-order valence-corrected chi connectivity index (χ1v) is 6.91. The van der Waals surface area contributed by atoms with E-state index in [4.69, 9.17) is 4.74 Å². The zero-order valence-corrected chi connectivity index (χ0v) is 12.0. The van der Waals surface area contributed by atoms with Crippen LogP contribution in [0, 0.1) is 0 Å². The fraction of sp³-hybridized carbons (Fsp3) is 0.333. The highest BCUT2D eigenvalue weighted by Gasteiger charge is 2.04. The summed E-state index contributed by atoms with van der Waals surface area (Å²) >= 11 is 0. The van der Waals surface area contributed by atoms with Crippen molar-refractivity contribution in [3.8, 4) is 5.75 Å². The van der Waals surface area contributed by atoms with E-state index in [1.165, 1.54) is 16.7 Å². The Morgan fingerprint density at radius 1 is 0.947 bits per heavy atom. The van der Waals surface area contributed by atoms with E-state index < -0.39 is 0 Å². The smallest absolute Gasteiger partial charge is 0.122 e. The Hall–Kier alpha value is -1.76. The molecule has 2 aromatic rings. The number of para-hydroxylation sites is 1. The molecule has 0 spiro atoms. The molecule has 0 atom stereocenters. The van der Waals surface area contributed by atoms with Crippen LogP contribution in [-0.2, 0) is 12.8 Å². The van der Waals surface area contributed by atoms with E-state index in [2.05, 4.69) is 50.2 Å². The second-order valence-electron chi connectivity index (χ2n) is 5.21. The third-order valence-electron chi connectivity index (χ3n) is 3.49. The summed E-state index contributed by atoms with van der Waals surface area (Å²) in [6, 6.07) is 17.2. The van der Waals surface area contributed by atoms with Gasteiger partial charge in [0, 0.05) is 0 Å². The number of rotatable bonds is 5. The molecule has 0 amide bonds. The van der Waals surface area contributed by atoms with E-state index >= 15 is 0 Å².